The summed E-state index contributed by atoms with van der Waals surface area (Å²) in [7, 11) is 0. The zero-order valence-electron chi connectivity index (χ0n) is 10.3. The smallest absolute Gasteiger partial charge is 0.343 e. The van der Waals surface area contributed by atoms with E-state index in [1.165, 1.54) is 6.26 Å². The third-order valence-corrected chi connectivity index (χ3v) is 2.55. The minimum Gasteiger partial charge on any atom is -0.477 e. The second kappa shape index (κ2) is 5.38. The van der Waals surface area contributed by atoms with Gasteiger partial charge >= 0.3 is 5.97 Å². The topological polar surface area (TPSA) is 108 Å². The van der Waals surface area contributed by atoms with Crippen molar-refractivity contribution >= 4 is 11.9 Å². The van der Waals surface area contributed by atoms with E-state index in [0.29, 0.717) is 18.7 Å². The Labute approximate surface area is 108 Å². The molecule has 0 radical (unpaired) electrons. The molecule has 0 aliphatic carbocycles. The number of hydrogen-bond acceptors (Lipinski definition) is 5. The van der Waals surface area contributed by atoms with Gasteiger partial charge in [-0.25, -0.2) is 9.78 Å². The van der Waals surface area contributed by atoms with Crippen LogP contribution in [0.4, 0.5) is 5.95 Å². The van der Waals surface area contributed by atoms with E-state index in [4.69, 9.17) is 9.52 Å². The Kier molecular flexibility index (Phi) is 3.65. The van der Waals surface area contributed by atoms with Gasteiger partial charge in [-0.2, -0.15) is 0 Å². The van der Waals surface area contributed by atoms with Gasteiger partial charge in [0.05, 0.1) is 18.5 Å². The molecule has 0 amide bonds. The fourth-order valence-electron chi connectivity index (χ4n) is 1.66. The molecule has 0 fully saturated rings. The maximum Gasteiger partial charge on any atom is 0.343 e. The van der Waals surface area contributed by atoms with E-state index in [-0.39, 0.29) is 17.2 Å². The predicted octanol–water partition coefficient (Wildman–Crippen LogP) is 1.24. The van der Waals surface area contributed by atoms with E-state index in [9.17, 15) is 9.59 Å². The number of hydrogen-bond donors (Lipinski definition) is 3. The highest BCUT2D eigenvalue weighted by molar-refractivity contribution is 5.88. The maximum atomic E-state index is 11.7. The number of aromatic amines is 1. The number of aromatic nitrogens is 2. The molecule has 7 nitrogen and oxygen atoms in total. The Bertz CT molecular complexity index is 631. The Morgan fingerprint density at radius 1 is 1.58 bits per heavy atom. The van der Waals surface area contributed by atoms with Gasteiger partial charge in [0.25, 0.3) is 5.56 Å². The fourth-order valence-corrected chi connectivity index (χ4v) is 1.66. The third kappa shape index (κ3) is 2.82. The second-order valence-electron chi connectivity index (χ2n) is 3.83. The van der Waals surface area contributed by atoms with Gasteiger partial charge in [-0.15, -0.1) is 0 Å². The summed E-state index contributed by atoms with van der Waals surface area (Å²) in [6.07, 6.45) is 1.90. The highest BCUT2D eigenvalue weighted by Gasteiger charge is 2.16. The minimum absolute atomic E-state index is 0.225. The van der Waals surface area contributed by atoms with Crippen LogP contribution in [0.3, 0.4) is 0 Å². The van der Waals surface area contributed by atoms with Crippen molar-refractivity contribution in [1.29, 1.82) is 0 Å². The monoisotopic (exact) mass is 263 g/mol. The molecule has 2 aromatic rings. The molecule has 2 heterocycles. The molecule has 0 unspecified atom stereocenters. The Hall–Kier alpha value is -2.57. The quantitative estimate of drug-likeness (QED) is 0.748. The number of furan rings is 1. The lowest BCUT2D eigenvalue weighted by molar-refractivity contribution is 0.0693. The Morgan fingerprint density at radius 3 is 2.95 bits per heavy atom. The molecule has 0 bridgehead atoms. The first-order valence-corrected chi connectivity index (χ1v) is 5.74. The number of carboxylic acid groups (broad SMARTS) is 1. The molecule has 2 rings (SSSR count). The van der Waals surface area contributed by atoms with E-state index >= 15 is 0 Å². The van der Waals surface area contributed by atoms with E-state index < -0.39 is 11.5 Å². The molecule has 3 N–H and O–H groups in total. The van der Waals surface area contributed by atoms with Crippen LogP contribution in [-0.2, 0) is 13.0 Å². The summed E-state index contributed by atoms with van der Waals surface area (Å²) in [5, 5.41) is 11.8. The minimum atomic E-state index is -1.27. The Morgan fingerprint density at radius 2 is 2.37 bits per heavy atom. The van der Waals surface area contributed by atoms with Gasteiger partial charge in [0.1, 0.15) is 11.3 Å². The van der Waals surface area contributed by atoms with Crippen LogP contribution in [0, 0.1) is 0 Å². The molecule has 0 saturated heterocycles. The predicted molar refractivity (Wildman–Crippen MR) is 67.2 cm³/mol. The summed E-state index contributed by atoms with van der Waals surface area (Å²) in [5.41, 5.74) is -0.731. The number of carbonyl (C=O) groups is 1. The fraction of sp³-hybridized carbons (Fsp3) is 0.250. The van der Waals surface area contributed by atoms with Crippen LogP contribution < -0.4 is 10.9 Å². The van der Waals surface area contributed by atoms with Gasteiger partial charge in [0.15, 0.2) is 0 Å². The molecule has 2 aromatic heterocycles. The molecule has 0 spiro atoms. The number of anilines is 1. The summed E-state index contributed by atoms with van der Waals surface area (Å²) in [4.78, 5) is 29.1. The first-order chi connectivity index (χ1) is 9.11. The molecule has 0 aliphatic heterocycles. The average molecular weight is 263 g/mol. The van der Waals surface area contributed by atoms with Crippen LogP contribution in [0.2, 0.25) is 0 Å². The molecule has 19 heavy (non-hydrogen) atoms. The summed E-state index contributed by atoms with van der Waals surface area (Å²) in [6, 6.07) is 3.52. The van der Waals surface area contributed by atoms with Crippen LogP contribution >= 0.6 is 0 Å². The number of aryl methyl sites for hydroxylation is 1. The Balaban J connectivity index is 2.25. The van der Waals surface area contributed by atoms with Crippen molar-refractivity contribution < 1.29 is 14.3 Å². The van der Waals surface area contributed by atoms with Crippen LogP contribution in [0.1, 0.15) is 28.7 Å². The van der Waals surface area contributed by atoms with Crippen molar-refractivity contribution in [3.05, 3.63) is 45.8 Å². The first-order valence-electron chi connectivity index (χ1n) is 5.74. The lowest BCUT2D eigenvalue weighted by Gasteiger charge is -2.07. The average Bonchev–Trinajstić information content (AvgIpc) is 2.88. The van der Waals surface area contributed by atoms with Crippen LogP contribution in [-0.4, -0.2) is 21.0 Å². The van der Waals surface area contributed by atoms with Crippen molar-refractivity contribution in [2.45, 2.75) is 19.9 Å². The van der Waals surface area contributed by atoms with E-state index in [0.717, 1.165) is 0 Å². The first kappa shape index (κ1) is 12.9. The number of nitrogens with zero attached hydrogens (tertiary/aromatic N) is 1. The van der Waals surface area contributed by atoms with Gasteiger partial charge in [0, 0.05) is 0 Å². The number of rotatable bonds is 5. The van der Waals surface area contributed by atoms with E-state index in [1.54, 1.807) is 19.1 Å². The molecule has 0 atom stereocenters. The maximum absolute atomic E-state index is 11.7. The van der Waals surface area contributed by atoms with Crippen molar-refractivity contribution in [2.75, 3.05) is 5.32 Å². The number of H-pyrrole nitrogens is 1. The molecule has 0 saturated carbocycles. The van der Waals surface area contributed by atoms with Crippen molar-refractivity contribution in [3.8, 4) is 0 Å². The highest BCUT2D eigenvalue weighted by atomic mass is 16.4. The number of nitrogens with one attached hydrogen (secondary N) is 2. The van der Waals surface area contributed by atoms with Crippen molar-refractivity contribution in [3.63, 3.8) is 0 Å². The van der Waals surface area contributed by atoms with Gasteiger partial charge in [0.2, 0.25) is 5.95 Å². The highest BCUT2D eigenvalue weighted by Crippen LogP contribution is 2.07. The third-order valence-electron chi connectivity index (χ3n) is 2.55. The largest absolute Gasteiger partial charge is 0.477 e. The molecule has 0 aromatic carbocycles. The zero-order valence-corrected chi connectivity index (χ0v) is 10.3. The molecule has 7 heteroatoms. The van der Waals surface area contributed by atoms with Gasteiger partial charge in [-0.3, -0.25) is 9.78 Å². The standard InChI is InChI=1S/C12H13N3O4/c1-2-8-9(11(17)18)10(16)15-12(14-8)13-6-7-4-3-5-19-7/h3-5H,2,6H2,1H3,(H,17,18)(H2,13,14,15,16). The normalized spacial score (nSPS) is 10.4. The molecule has 0 aliphatic rings. The van der Waals surface area contributed by atoms with E-state index in [2.05, 4.69) is 15.3 Å². The van der Waals surface area contributed by atoms with Crippen LogP contribution in [0.15, 0.2) is 27.6 Å². The van der Waals surface area contributed by atoms with E-state index in [1.807, 2.05) is 0 Å². The van der Waals surface area contributed by atoms with Gasteiger partial charge < -0.3 is 14.8 Å². The van der Waals surface area contributed by atoms with Crippen molar-refractivity contribution in [2.24, 2.45) is 0 Å². The van der Waals surface area contributed by atoms with Crippen LogP contribution in [0.5, 0.6) is 0 Å². The summed E-state index contributed by atoms with van der Waals surface area (Å²) < 4.78 is 5.13. The summed E-state index contributed by atoms with van der Waals surface area (Å²) in [6.45, 7) is 2.09. The lowest BCUT2D eigenvalue weighted by atomic mass is 10.2. The molecule has 100 valence electrons. The van der Waals surface area contributed by atoms with Crippen LogP contribution in [0.25, 0.3) is 0 Å². The zero-order chi connectivity index (χ0) is 13.8. The summed E-state index contributed by atoms with van der Waals surface area (Å²) in [5.74, 6) is -0.366. The van der Waals surface area contributed by atoms with Gasteiger partial charge in [-0.1, -0.05) is 6.92 Å². The summed E-state index contributed by atoms with van der Waals surface area (Å²) >= 11 is 0. The van der Waals surface area contributed by atoms with Gasteiger partial charge in [-0.05, 0) is 18.6 Å². The molecular formula is C12H13N3O4. The number of carboxylic acids is 1. The molecular weight excluding hydrogens is 250 g/mol. The lowest BCUT2D eigenvalue weighted by Crippen LogP contribution is -2.23. The van der Waals surface area contributed by atoms with Crippen molar-refractivity contribution in [1.82, 2.24) is 9.97 Å². The number of aromatic carboxylic acids is 1. The SMILES string of the molecule is CCc1nc(NCc2ccco2)[nH]c(=O)c1C(=O)O. The second-order valence-corrected chi connectivity index (χ2v) is 3.83.